The van der Waals surface area contributed by atoms with Crippen molar-refractivity contribution >= 4 is 11.9 Å². The number of rotatable bonds is 4. The Morgan fingerprint density at radius 1 is 1.21 bits per heavy atom. The van der Waals surface area contributed by atoms with Crippen LogP contribution < -0.4 is 0 Å². The molecule has 1 saturated heterocycles. The molecule has 0 bridgehead atoms. The quantitative estimate of drug-likeness (QED) is 0.853. The highest BCUT2D eigenvalue weighted by atomic mass is 16.4. The van der Waals surface area contributed by atoms with Crippen LogP contribution in [-0.2, 0) is 9.59 Å². The maximum atomic E-state index is 12.1. The first kappa shape index (κ1) is 16.0. The Morgan fingerprint density at radius 3 is 2.11 bits per heavy atom. The Hall–Kier alpha value is -1.06. The summed E-state index contributed by atoms with van der Waals surface area (Å²) in [6.07, 6.45) is 3.30. The third-order valence-corrected chi connectivity index (χ3v) is 3.94. The molecule has 0 aliphatic carbocycles. The Balaban J connectivity index is 2.61. The van der Waals surface area contributed by atoms with Crippen molar-refractivity contribution in [2.45, 2.75) is 59.8 Å². The van der Waals surface area contributed by atoms with E-state index in [1.165, 1.54) is 0 Å². The lowest BCUT2D eigenvalue weighted by molar-refractivity contribution is -0.155. The molecule has 0 aromatic carbocycles. The number of carbonyl (C=O) groups is 2. The molecule has 1 aliphatic rings. The van der Waals surface area contributed by atoms with Crippen molar-refractivity contribution in [2.24, 2.45) is 10.8 Å². The van der Waals surface area contributed by atoms with Crippen molar-refractivity contribution in [1.29, 1.82) is 0 Å². The monoisotopic (exact) mass is 269 g/mol. The van der Waals surface area contributed by atoms with Crippen molar-refractivity contribution in [3.8, 4) is 0 Å². The Labute approximate surface area is 116 Å². The first-order valence-corrected chi connectivity index (χ1v) is 7.21. The summed E-state index contributed by atoms with van der Waals surface area (Å²) >= 11 is 0. The van der Waals surface area contributed by atoms with Gasteiger partial charge in [-0.25, -0.2) is 0 Å². The molecule has 1 heterocycles. The van der Waals surface area contributed by atoms with Crippen LogP contribution in [0.1, 0.15) is 59.8 Å². The van der Waals surface area contributed by atoms with Gasteiger partial charge >= 0.3 is 5.97 Å². The number of aliphatic carboxylic acids is 1. The minimum atomic E-state index is -0.697. The zero-order chi connectivity index (χ0) is 14.7. The van der Waals surface area contributed by atoms with Gasteiger partial charge in [-0.05, 0) is 24.7 Å². The first-order chi connectivity index (χ1) is 8.70. The van der Waals surface area contributed by atoms with Crippen LogP contribution in [0.3, 0.4) is 0 Å². The van der Waals surface area contributed by atoms with Crippen molar-refractivity contribution in [3.63, 3.8) is 0 Å². The fourth-order valence-corrected chi connectivity index (χ4v) is 2.80. The number of amides is 1. The molecule has 1 fully saturated rings. The van der Waals surface area contributed by atoms with Gasteiger partial charge in [0.2, 0.25) is 5.91 Å². The molecule has 0 saturated carbocycles. The topological polar surface area (TPSA) is 57.6 Å². The summed E-state index contributed by atoms with van der Waals surface area (Å²) in [6.45, 7) is 9.33. The lowest BCUT2D eigenvalue weighted by Gasteiger charge is -2.39. The average molecular weight is 269 g/mol. The molecule has 1 rings (SSSR count). The van der Waals surface area contributed by atoms with Crippen molar-refractivity contribution in [3.05, 3.63) is 0 Å². The van der Waals surface area contributed by atoms with E-state index in [0.717, 1.165) is 6.42 Å². The SMILES string of the molecule is CCCC1(C(=O)O)CCN(C(=O)CC(C)(C)C)CC1. The van der Waals surface area contributed by atoms with Crippen LogP contribution in [0.25, 0.3) is 0 Å². The number of nitrogens with zero attached hydrogens (tertiary/aromatic N) is 1. The molecular weight excluding hydrogens is 242 g/mol. The molecule has 19 heavy (non-hydrogen) atoms. The zero-order valence-electron chi connectivity index (χ0n) is 12.7. The highest BCUT2D eigenvalue weighted by molar-refractivity contribution is 5.78. The molecule has 110 valence electrons. The molecule has 4 heteroatoms. The average Bonchev–Trinajstić information content (AvgIpc) is 2.27. The third-order valence-electron chi connectivity index (χ3n) is 3.94. The highest BCUT2D eigenvalue weighted by Gasteiger charge is 2.41. The zero-order valence-corrected chi connectivity index (χ0v) is 12.7. The molecule has 1 N–H and O–H groups in total. The normalized spacial score (nSPS) is 19.3. The number of hydrogen-bond acceptors (Lipinski definition) is 2. The number of carbonyl (C=O) groups excluding carboxylic acids is 1. The minimum absolute atomic E-state index is 0.0121. The summed E-state index contributed by atoms with van der Waals surface area (Å²) in [5, 5.41) is 9.43. The van der Waals surface area contributed by atoms with E-state index in [-0.39, 0.29) is 11.3 Å². The van der Waals surface area contributed by atoms with E-state index in [1.807, 2.05) is 32.6 Å². The van der Waals surface area contributed by atoms with Gasteiger partial charge in [-0.3, -0.25) is 9.59 Å². The smallest absolute Gasteiger partial charge is 0.309 e. The molecule has 1 aliphatic heterocycles. The van der Waals surface area contributed by atoms with E-state index in [2.05, 4.69) is 0 Å². The molecule has 0 unspecified atom stereocenters. The Bertz CT molecular complexity index is 336. The molecule has 0 aromatic rings. The van der Waals surface area contributed by atoms with Crippen molar-refractivity contribution in [1.82, 2.24) is 4.90 Å². The van der Waals surface area contributed by atoms with Gasteiger partial charge in [-0.2, -0.15) is 0 Å². The molecular formula is C15H27NO3. The van der Waals surface area contributed by atoms with Gasteiger partial charge in [0, 0.05) is 19.5 Å². The van der Waals surface area contributed by atoms with Gasteiger partial charge in [0.1, 0.15) is 0 Å². The first-order valence-electron chi connectivity index (χ1n) is 7.21. The second-order valence-electron chi connectivity index (χ2n) is 6.95. The molecule has 0 spiro atoms. The number of likely N-dealkylation sites (tertiary alicyclic amines) is 1. The van der Waals surface area contributed by atoms with Crippen molar-refractivity contribution in [2.75, 3.05) is 13.1 Å². The van der Waals surface area contributed by atoms with Crippen molar-refractivity contribution < 1.29 is 14.7 Å². The summed E-state index contributed by atoms with van der Waals surface area (Å²) in [5.41, 5.74) is -0.616. The second kappa shape index (κ2) is 5.93. The third kappa shape index (κ3) is 4.22. The van der Waals surface area contributed by atoms with Crippen LogP contribution in [0.4, 0.5) is 0 Å². The van der Waals surface area contributed by atoms with E-state index in [4.69, 9.17) is 0 Å². The second-order valence-corrected chi connectivity index (χ2v) is 6.95. The number of piperidine rings is 1. The maximum absolute atomic E-state index is 12.1. The summed E-state index contributed by atoms with van der Waals surface area (Å²) in [7, 11) is 0. The summed E-state index contributed by atoms with van der Waals surface area (Å²) < 4.78 is 0. The van der Waals surface area contributed by atoms with Crippen LogP contribution in [-0.4, -0.2) is 35.0 Å². The Morgan fingerprint density at radius 2 is 1.74 bits per heavy atom. The van der Waals surface area contributed by atoms with E-state index < -0.39 is 11.4 Å². The van der Waals surface area contributed by atoms with Gasteiger partial charge in [0.15, 0.2) is 0 Å². The lowest BCUT2D eigenvalue weighted by Crippen LogP contribution is -2.47. The van der Waals surface area contributed by atoms with Crippen LogP contribution in [0.5, 0.6) is 0 Å². The van der Waals surface area contributed by atoms with Crippen LogP contribution >= 0.6 is 0 Å². The summed E-state index contributed by atoms with van der Waals surface area (Å²) in [5.74, 6) is -0.541. The minimum Gasteiger partial charge on any atom is -0.481 e. The fourth-order valence-electron chi connectivity index (χ4n) is 2.80. The summed E-state index contributed by atoms with van der Waals surface area (Å²) in [4.78, 5) is 25.4. The molecule has 0 aromatic heterocycles. The number of hydrogen-bond donors (Lipinski definition) is 1. The predicted molar refractivity (Wildman–Crippen MR) is 74.9 cm³/mol. The number of carboxylic acids is 1. The van der Waals surface area contributed by atoms with Gasteiger partial charge in [0.25, 0.3) is 0 Å². The molecule has 4 nitrogen and oxygen atoms in total. The lowest BCUT2D eigenvalue weighted by atomic mass is 9.75. The van der Waals surface area contributed by atoms with Gasteiger partial charge in [0.05, 0.1) is 5.41 Å². The fraction of sp³-hybridized carbons (Fsp3) is 0.867. The highest BCUT2D eigenvalue weighted by Crippen LogP contribution is 2.37. The molecule has 0 atom stereocenters. The van der Waals surface area contributed by atoms with Crippen LogP contribution in [0.2, 0.25) is 0 Å². The van der Waals surface area contributed by atoms with E-state index >= 15 is 0 Å². The summed E-state index contributed by atoms with van der Waals surface area (Å²) in [6, 6.07) is 0. The predicted octanol–water partition coefficient (Wildman–Crippen LogP) is 2.92. The van der Waals surface area contributed by atoms with E-state index in [1.54, 1.807) is 0 Å². The molecule has 1 amide bonds. The molecule has 0 radical (unpaired) electrons. The Kier molecular flexibility index (Phi) is 4.99. The van der Waals surface area contributed by atoms with Crippen LogP contribution in [0, 0.1) is 10.8 Å². The standard InChI is InChI=1S/C15H27NO3/c1-5-6-15(13(18)19)7-9-16(10-8-15)12(17)11-14(2,3)4/h5-11H2,1-4H3,(H,18,19). The van der Waals surface area contributed by atoms with Gasteiger partial charge in [-0.1, -0.05) is 34.1 Å². The van der Waals surface area contributed by atoms with E-state index in [0.29, 0.717) is 38.8 Å². The van der Waals surface area contributed by atoms with Gasteiger partial charge < -0.3 is 10.0 Å². The number of carboxylic acid groups (broad SMARTS) is 1. The van der Waals surface area contributed by atoms with Crippen LogP contribution in [0.15, 0.2) is 0 Å². The maximum Gasteiger partial charge on any atom is 0.309 e. The largest absolute Gasteiger partial charge is 0.481 e. The van der Waals surface area contributed by atoms with Gasteiger partial charge in [-0.15, -0.1) is 0 Å². The van der Waals surface area contributed by atoms with E-state index in [9.17, 15) is 14.7 Å².